The third-order valence-electron chi connectivity index (χ3n) is 9.85. The maximum atomic E-state index is 13.5. The topological polar surface area (TPSA) is 114 Å². The van der Waals surface area contributed by atoms with Gasteiger partial charge in [0, 0.05) is 35.8 Å². The molecule has 2 aliphatic rings. The zero-order valence-electron chi connectivity index (χ0n) is 28.3. The van der Waals surface area contributed by atoms with Gasteiger partial charge in [0.2, 0.25) is 11.8 Å². The molecule has 260 valence electrons. The van der Waals surface area contributed by atoms with E-state index in [9.17, 15) is 18.7 Å². The number of hydrogen-bond acceptors (Lipinski definition) is 9. The van der Waals surface area contributed by atoms with E-state index in [-0.39, 0.29) is 12.3 Å². The van der Waals surface area contributed by atoms with E-state index in [2.05, 4.69) is 17.9 Å². The molecule has 2 aromatic heterocycles. The number of carbonyl (C=O) groups is 1. The highest BCUT2D eigenvalue weighted by atomic mass is 19.3. The Morgan fingerprint density at radius 1 is 0.960 bits per heavy atom. The Morgan fingerprint density at radius 2 is 1.66 bits per heavy atom. The van der Waals surface area contributed by atoms with E-state index in [1.807, 2.05) is 43.5 Å². The fourth-order valence-electron chi connectivity index (χ4n) is 7.27. The van der Waals surface area contributed by atoms with Crippen molar-refractivity contribution in [2.75, 3.05) is 26.7 Å². The number of hydrogen-bond donors (Lipinski definition) is 1. The van der Waals surface area contributed by atoms with Crippen LogP contribution in [0, 0.1) is 13.8 Å². The van der Waals surface area contributed by atoms with Gasteiger partial charge in [-0.3, -0.25) is 19.6 Å². The molecular formula is C38H39F2N5O5. The van der Waals surface area contributed by atoms with Crippen molar-refractivity contribution < 1.29 is 32.6 Å². The van der Waals surface area contributed by atoms with Crippen LogP contribution in [0.4, 0.5) is 8.78 Å². The minimum Gasteiger partial charge on any atom is -0.480 e. The van der Waals surface area contributed by atoms with Gasteiger partial charge in [0.25, 0.3) is 0 Å². The average molecular weight is 684 g/mol. The molecule has 10 nitrogen and oxygen atoms in total. The maximum Gasteiger partial charge on any atom is 0.387 e. The summed E-state index contributed by atoms with van der Waals surface area (Å²) < 4.78 is 43.6. The SMILES string of the molecule is COc1nc(-c2cccc(-c3cccc(-c4nc5cc(CN6CCC[C@H]6C(=O)O)c(OC(F)F)cc5o4)c3C)c2C)cnc1CN1CCCC1. The molecule has 0 unspecified atom stereocenters. The molecule has 5 aromatic rings. The van der Waals surface area contributed by atoms with Crippen molar-refractivity contribution in [1.82, 2.24) is 24.8 Å². The highest BCUT2D eigenvalue weighted by Gasteiger charge is 2.31. The molecule has 1 N–H and O–H groups in total. The van der Waals surface area contributed by atoms with E-state index in [1.165, 1.54) is 18.9 Å². The quantitative estimate of drug-likeness (QED) is 0.150. The minimum atomic E-state index is -3.06. The lowest BCUT2D eigenvalue weighted by Crippen LogP contribution is -2.35. The summed E-state index contributed by atoms with van der Waals surface area (Å²) in [5.74, 6) is -0.131. The zero-order chi connectivity index (χ0) is 34.9. The number of oxazole rings is 1. The normalized spacial score (nSPS) is 16.9. The molecule has 0 spiro atoms. The average Bonchev–Trinajstić information content (AvgIpc) is 3.87. The molecular weight excluding hydrogens is 644 g/mol. The molecule has 2 fully saturated rings. The molecule has 0 aliphatic carbocycles. The number of likely N-dealkylation sites (tertiary alicyclic amines) is 2. The summed E-state index contributed by atoms with van der Waals surface area (Å²) in [4.78, 5) is 30.3. The van der Waals surface area contributed by atoms with Gasteiger partial charge < -0.3 is 19.0 Å². The fraction of sp³-hybridized carbons (Fsp3) is 0.368. The number of halogens is 2. The van der Waals surface area contributed by atoms with E-state index in [0.29, 0.717) is 54.4 Å². The monoisotopic (exact) mass is 683 g/mol. The molecule has 50 heavy (non-hydrogen) atoms. The van der Waals surface area contributed by atoms with Crippen molar-refractivity contribution in [3.63, 3.8) is 0 Å². The van der Waals surface area contributed by atoms with Crippen LogP contribution in [0.5, 0.6) is 11.6 Å². The largest absolute Gasteiger partial charge is 0.480 e. The summed E-state index contributed by atoms with van der Waals surface area (Å²) in [7, 11) is 1.63. The number of methoxy groups -OCH3 is 1. The third kappa shape index (κ3) is 6.65. The van der Waals surface area contributed by atoms with Crippen LogP contribution in [-0.2, 0) is 17.9 Å². The standard InChI is InChI=1S/C38H39F2N5O5/c1-22-25(9-6-11-27(22)30-19-41-31(36(43-30)48-3)21-44-14-4-5-15-44)26-10-7-12-28(23(26)2)35-42-29-17-24(20-45-16-8-13-32(45)37(46)47)33(50-38(39)40)18-34(29)49-35/h6-7,9-12,17-19,32,38H,4-5,8,13-16,20-21H2,1-3H3,(H,46,47)/t32-/m0/s1. The van der Waals surface area contributed by atoms with Crippen molar-refractivity contribution in [2.45, 2.75) is 65.3 Å². The number of nitrogens with zero attached hydrogens (tertiary/aromatic N) is 5. The van der Waals surface area contributed by atoms with Crippen molar-refractivity contribution >= 4 is 17.1 Å². The molecule has 2 saturated heterocycles. The second-order valence-electron chi connectivity index (χ2n) is 12.9. The molecule has 2 aliphatic heterocycles. The van der Waals surface area contributed by atoms with Crippen LogP contribution in [0.1, 0.15) is 48.1 Å². The highest BCUT2D eigenvalue weighted by molar-refractivity contribution is 5.84. The highest BCUT2D eigenvalue weighted by Crippen LogP contribution is 2.39. The number of rotatable bonds is 11. The third-order valence-corrected chi connectivity index (χ3v) is 9.85. The molecule has 0 amide bonds. The molecule has 3 aromatic carbocycles. The Bertz CT molecular complexity index is 2040. The van der Waals surface area contributed by atoms with Crippen LogP contribution >= 0.6 is 0 Å². The lowest BCUT2D eigenvalue weighted by Gasteiger charge is -2.22. The number of benzene rings is 3. The maximum absolute atomic E-state index is 13.5. The van der Waals surface area contributed by atoms with Gasteiger partial charge in [0.1, 0.15) is 23.0 Å². The Morgan fingerprint density at radius 3 is 2.36 bits per heavy atom. The first kappa shape index (κ1) is 33.6. The van der Waals surface area contributed by atoms with E-state index in [4.69, 9.17) is 28.8 Å². The van der Waals surface area contributed by atoms with Crippen LogP contribution in [0.3, 0.4) is 0 Å². The van der Waals surface area contributed by atoms with E-state index < -0.39 is 18.6 Å². The first-order valence-electron chi connectivity index (χ1n) is 16.9. The van der Waals surface area contributed by atoms with Gasteiger partial charge >= 0.3 is 12.6 Å². The second-order valence-corrected chi connectivity index (χ2v) is 12.9. The number of carboxylic acid groups (broad SMARTS) is 1. The van der Waals surface area contributed by atoms with Gasteiger partial charge in [0.05, 0.1) is 19.0 Å². The van der Waals surface area contributed by atoms with Crippen molar-refractivity contribution in [2.24, 2.45) is 0 Å². The summed E-state index contributed by atoms with van der Waals surface area (Å²) >= 11 is 0. The molecule has 4 heterocycles. The van der Waals surface area contributed by atoms with Crippen molar-refractivity contribution in [3.8, 4) is 45.5 Å². The van der Waals surface area contributed by atoms with Crippen LogP contribution in [0.25, 0.3) is 44.9 Å². The van der Waals surface area contributed by atoms with Crippen LogP contribution in [0.2, 0.25) is 0 Å². The second kappa shape index (κ2) is 14.1. The Hall–Kier alpha value is -4.94. The van der Waals surface area contributed by atoms with Crippen LogP contribution in [0.15, 0.2) is 59.1 Å². The van der Waals surface area contributed by atoms with E-state index in [0.717, 1.165) is 57.9 Å². The van der Waals surface area contributed by atoms with Gasteiger partial charge in [-0.15, -0.1) is 0 Å². The van der Waals surface area contributed by atoms with Gasteiger partial charge in [-0.2, -0.15) is 8.78 Å². The first-order valence-corrected chi connectivity index (χ1v) is 16.9. The number of aromatic nitrogens is 3. The predicted octanol–water partition coefficient (Wildman–Crippen LogP) is 7.49. The minimum absolute atomic E-state index is 0.0621. The lowest BCUT2D eigenvalue weighted by molar-refractivity contribution is -0.142. The Labute approximate surface area is 288 Å². The smallest absolute Gasteiger partial charge is 0.387 e. The lowest BCUT2D eigenvalue weighted by atomic mass is 9.90. The van der Waals surface area contributed by atoms with Crippen molar-refractivity contribution in [1.29, 1.82) is 0 Å². The van der Waals surface area contributed by atoms with Gasteiger partial charge in [-0.1, -0.05) is 30.3 Å². The number of alkyl halides is 2. The summed E-state index contributed by atoms with van der Waals surface area (Å²) in [5.41, 5.74) is 8.35. The molecule has 0 radical (unpaired) electrons. The van der Waals surface area contributed by atoms with Crippen molar-refractivity contribution in [3.05, 3.63) is 77.1 Å². The molecule has 0 bridgehead atoms. The summed E-state index contributed by atoms with van der Waals surface area (Å²) in [5, 5.41) is 9.64. The predicted molar refractivity (Wildman–Crippen MR) is 184 cm³/mol. The van der Waals surface area contributed by atoms with Gasteiger partial charge in [-0.05, 0) is 93.6 Å². The first-order chi connectivity index (χ1) is 24.2. The number of aliphatic carboxylic acids is 1. The number of fused-ring (bicyclic) bond motifs is 1. The van der Waals surface area contributed by atoms with Gasteiger partial charge in [0.15, 0.2) is 5.58 Å². The van der Waals surface area contributed by atoms with Gasteiger partial charge in [-0.25, -0.2) is 9.97 Å². The number of carboxylic acids is 1. The summed E-state index contributed by atoms with van der Waals surface area (Å²) in [6.07, 6.45) is 5.42. The molecule has 0 saturated carbocycles. The van der Waals surface area contributed by atoms with E-state index in [1.54, 1.807) is 18.1 Å². The summed E-state index contributed by atoms with van der Waals surface area (Å²) in [6, 6.07) is 14.4. The molecule has 1 atom stereocenters. The fourth-order valence-corrected chi connectivity index (χ4v) is 7.27. The van der Waals surface area contributed by atoms with Crippen LogP contribution < -0.4 is 9.47 Å². The van der Waals surface area contributed by atoms with E-state index >= 15 is 0 Å². The van der Waals surface area contributed by atoms with Crippen LogP contribution in [-0.4, -0.2) is 75.2 Å². The molecule has 12 heteroatoms. The summed E-state index contributed by atoms with van der Waals surface area (Å²) in [6.45, 7) is 4.50. The zero-order valence-corrected chi connectivity index (χ0v) is 28.3. The Balaban J connectivity index is 1.22. The Kier molecular flexibility index (Phi) is 9.48. The number of ether oxygens (including phenoxy) is 2. The molecule has 7 rings (SSSR count).